The number of para-hydroxylation sites is 2. The second kappa shape index (κ2) is 7.50. The summed E-state index contributed by atoms with van der Waals surface area (Å²) in [6, 6.07) is 25.0. The Morgan fingerprint density at radius 3 is 2.37 bits per heavy atom. The van der Waals surface area contributed by atoms with Gasteiger partial charge < -0.3 is 9.30 Å². The number of methoxy groups -OCH3 is 1. The van der Waals surface area contributed by atoms with Crippen molar-refractivity contribution >= 4 is 23.2 Å². The largest absolute Gasteiger partial charge is 0.497 e. The molecular formula is C24H22N2O. The number of fused-ring (bicyclic) bond motifs is 1. The molecule has 27 heavy (non-hydrogen) atoms. The summed E-state index contributed by atoms with van der Waals surface area (Å²) in [6.45, 7) is 2.91. The molecule has 134 valence electrons. The van der Waals surface area contributed by atoms with Crippen LogP contribution in [0.4, 0.5) is 0 Å². The number of aryl methyl sites for hydroxylation is 1. The lowest BCUT2D eigenvalue weighted by molar-refractivity contribution is 0.415. The zero-order chi connectivity index (χ0) is 18.6. The molecule has 0 atom stereocenters. The highest BCUT2D eigenvalue weighted by molar-refractivity contribution is 5.80. The average molecular weight is 354 g/mol. The SMILES string of the molecule is COc1ccc(C=Cc2nc3ccccc3n2Cc2ccc(C)cc2)cc1. The molecule has 0 bridgehead atoms. The fraction of sp³-hybridized carbons (Fsp3) is 0.125. The molecule has 0 aliphatic carbocycles. The highest BCUT2D eigenvalue weighted by Crippen LogP contribution is 2.20. The van der Waals surface area contributed by atoms with Crippen molar-refractivity contribution in [2.24, 2.45) is 0 Å². The summed E-state index contributed by atoms with van der Waals surface area (Å²) in [5.41, 5.74) is 5.81. The van der Waals surface area contributed by atoms with Gasteiger partial charge in [-0.3, -0.25) is 0 Å². The molecule has 4 rings (SSSR count). The number of hydrogen-bond donors (Lipinski definition) is 0. The molecule has 1 heterocycles. The number of ether oxygens (including phenoxy) is 1. The molecule has 1 aromatic heterocycles. The molecule has 0 fully saturated rings. The first-order chi connectivity index (χ1) is 13.2. The molecule has 0 radical (unpaired) electrons. The molecule has 0 N–H and O–H groups in total. The van der Waals surface area contributed by atoms with Crippen molar-refractivity contribution in [1.82, 2.24) is 9.55 Å². The molecule has 0 unspecified atom stereocenters. The van der Waals surface area contributed by atoms with Crippen LogP contribution in [0.1, 0.15) is 22.5 Å². The summed E-state index contributed by atoms with van der Waals surface area (Å²) < 4.78 is 7.49. The number of benzene rings is 3. The molecule has 3 nitrogen and oxygen atoms in total. The van der Waals surface area contributed by atoms with E-state index in [1.165, 1.54) is 11.1 Å². The van der Waals surface area contributed by atoms with Crippen molar-refractivity contribution in [3.8, 4) is 5.75 Å². The van der Waals surface area contributed by atoms with E-state index in [9.17, 15) is 0 Å². The van der Waals surface area contributed by atoms with Crippen LogP contribution in [-0.4, -0.2) is 16.7 Å². The van der Waals surface area contributed by atoms with Gasteiger partial charge in [-0.05, 0) is 48.4 Å². The lowest BCUT2D eigenvalue weighted by Crippen LogP contribution is -2.02. The Bertz CT molecular complexity index is 1070. The van der Waals surface area contributed by atoms with E-state index in [-0.39, 0.29) is 0 Å². The van der Waals surface area contributed by atoms with Gasteiger partial charge in [-0.2, -0.15) is 0 Å². The fourth-order valence-corrected chi connectivity index (χ4v) is 3.15. The van der Waals surface area contributed by atoms with Gasteiger partial charge in [0.25, 0.3) is 0 Å². The van der Waals surface area contributed by atoms with Gasteiger partial charge in [0, 0.05) is 6.54 Å². The van der Waals surface area contributed by atoms with E-state index in [1.54, 1.807) is 7.11 Å². The standard InChI is InChI=1S/C24H22N2O/c1-18-7-9-20(10-8-18)17-26-23-6-4-3-5-22(23)25-24(26)16-13-19-11-14-21(27-2)15-12-19/h3-16H,17H2,1-2H3. The third-order valence-electron chi connectivity index (χ3n) is 4.69. The first-order valence-corrected chi connectivity index (χ1v) is 9.06. The van der Waals surface area contributed by atoms with Crippen molar-refractivity contribution in [2.45, 2.75) is 13.5 Å². The number of rotatable bonds is 5. The predicted molar refractivity (Wildman–Crippen MR) is 112 cm³/mol. The van der Waals surface area contributed by atoms with Gasteiger partial charge in [0.15, 0.2) is 0 Å². The van der Waals surface area contributed by atoms with E-state index in [0.717, 1.165) is 34.7 Å². The molecular weight excluding hydrogens is 332 g/mol. The van der Waals surface area contributed by atoms with E-state index in [2.05, 4.69) is 66.1 Å². The van der Waals surface area contributed by atoms with Crippen LogP contribution < -0.4 is 4.74 Å². The second-order valence-corrected chi connectivity index (χ2v) is 6.64. The molecule has 0 saturated heterocycles. The second-order valence-electron chi connectivity index (χ2n) is 6.64. The quantitative estimate of drug-likeness (QED) is 0.468. The van der Waals surface area contributed by atoms with Crippen LogP contribution >= 0.6 is 0 Å². The van der Waals surface area contributed by atoms with Gasteiger partial charge in [-0.15, -0.1) is 0 Å². The van der Waals surface area contributed by atoms with Gasteiger partial charge in [0.1, 0.15) is 11.6 Å². The number of imidazole rings is 1. The van der Waals surface area contributed by atoms with Crippen molar-refractivity contribution in [3.05, 3.63) is 95.3 Å². The van der Waals surface area contributed by atoms with E-state index in [0.29, 0.717) is 0 Å². The Kier molecular flexibility index (Phi) is 4.75. The number of hydrogen-bond acceptors (Lipinski definition) is 2. The Morgan fingerprint density at radius 1 is 0.889 bits per heavy atom. The molecule has 4 aromatic rings. The van der Waals surface area contributed by atoms with Gasteiger partial charge in [-0.25, -0.2) is 4.98 Å². The molecule has 0 saturated carbocycles. The molecule has 0 spiro atoms. The van der Waals surface area contributed by atoms with E-state index >= 15 is 0 Å². The van der Waals surface area contributed by atoms with Crippen molar-refractivity contribution in [1.29, 1.82) is 0 Å². The minimum atomic E-state index is 0.795. The van der Waals surface area contributed by atoms with Gasteiger partial charge in [0.2, 0.25) is 0 Å². The summed E-state index contributed by atoms with van der Waals surface area (Å²) in [4.78, 5) is 4.83. The summed E-state index contributed by atoms with van der Waals surface area (Å²) in [6.07, 6.45) is 4.17. The van der Waals surface area contributed by atoms with Crippen molar-refractivity contribution in [3.63, 3.8) is 0 Å². The normalized spacial score (nSPS) is 11.3. The Morgan fingerprint density at radius 2 is 1.63 bits per heavy atom. The Hall–Kier alpha value is -3.33. The van der Waals surface area contributed by atoms with Crippen LogP contribution in [-0.2, 0) is 6.54 Å². The van der Waals surface area contributed by atoms with E-state index in [4.69, 9.17) is 9.72 Å². The summed E-state index contributed by atoms with van der Waals surface area (Å²) in [7, 11) is 1.68. The van der Waals surface area contributed by atoms with Crippen molar-refractivity contribution < 1.29 is 4.74 Å². The van der Waals surface area contributed by atoms with Crippen LogP contribution in [0, 0.1) is 6.92 Å². The molecule has 0 aliphatic heterocycles. The number of aromatic nitrogens is 2. The minimum absolute atomic E-state index is 0.795. The predicted octanol–water partition coefficient (Wildman–Crippen LogP) is 5.57. The zero-order valence-electron chi connectivity index (χ0n) is 15.6. The molecule has 0 aliphatic rings. The molecule has 3 heteroatoms. The topological polar surface area (TPSA) is 27.1 Å². The third kappa shape index (κ3) is 3.77. The molecule has 0 amide bonds. The maximum Gasteiger partial charge on any atom is 0.134 e. The van der Waals surface area contributed by atoms with Crippen LogP contribution in [0.3, 0.4) is 0 Å². The summed E-state index contributed by atoms with van der Waals surface area (Å²) in [5, 5.41) is 0. The Balaban J connectivity index is 1.70. The van der Waals surface area contributed by atoms with Crippen LogP contribution in [0.25, 0.3) is 23.2 Å². The first kappa shape index (κ1) is 17.1. The first-order valence-electron chi connectivity index (χ1n) is 9.06. The van der Waals surface area contributed by atoms with E-state index < -0.39 is 0 Å². The third-order valence-corrected chi connectivity index (χ3v) is 4.69. The van der Waals surface area contributed by atoms with Crippen LogP contribution in [0.15, 0.2) is 72.8 Å². The maximum absolute atomic E-state index is 5.23. The van der Waals surface area contributed by atoms with Crippen LogP contribution in [0.5, 0.6) is 5.75 Å². The summed E-state index contributed by atoms with van der Waals surface area (Å²) >= 11 is 0. The monoisotopic (exact) mass is 354 g/mol. The van der Waals surface area contributed by atoms with Gasteiger partial charge in [-0.1, -0.05) is 60.2 Å². The zero-order valence-corrected chi connectivity index (χ0v) is 15.6. The van der Waals surface area contributed by atoms with Crippen molar-refractivity contribution in [2.75, 3.05) is 7.11 Å². The minimum Gasteiger partial charge on any atom is -0.497 e. The van der Waals surface area contributed by atoms with Crippen LogP contribution in [0.2, 0.25) is 0 Å². The summed E-state index contributed by atoms with van der Waals surface area (Å²) in [5.74, 6) is 1.81. The lowest BCUT2D eigenvalue weighted by atomic mass is 10.1. The molecule has 3 aromatic carbocycles. The maximum atomic E-state index is 5.23. The highest BCUT2D eigenvalue weighted by atomic mass is 16.5. The Labute approximate surface area is 159 Å². The smallest absolute Gasteiger partial charge is 0.134 e. The number of nitrogens with zero attached hydrogens (tertiary/aromatic N) is 2. The van der Waals surface area contributed by atoms with Gasteiger partial charge >= 0.3 is 0 Å². The average Bonchev–Trinajstić information content (AvgIpc) is 3.06. The van der Waals surface area contributed by atoms with E-state index in [1.807, 2.05) is 30.3 Å². The highest BCUT2D eigenvalue weighted by Gasteiger charge is 2.08. The lowest BCUT2D eigenvalue weighted by Gasteiger charge is -2.08. The fourth-order valence-electron chi connectivity index (χ4n) is 3.15. The van der Waals surface area contributed by atoms with Gasteiger partial charge in [0.05, 0.1) is 18.1 Å².